The highest BCUT2D eigenvalue weighted by Crippen LogP contribution is 2.19. The fraction of sp³-hybridized carbons (Fsp3) is 0.400. The molecule has 2 unspecified atom stereocenters. The zero-order valence-corrected chi connectivity index (χ0v) is 11.0. The fourth-order valence-electron chi connectivity index (χ4n) is 1.78. The third-order valence-corrected chi connectivity index (χ3v) is 2.86. The number of esters is 1. The number of ether oxygens (including phenoxy) is 1. The van der Waals surface area contributed by atoms with Crippen LogP contribution in [0.1, 0.15) is 24.5 Å². The summed E-state index contributed by atoms with van der Waals surface area (Å²) in [5, 5.41) is 13.3. The number of hydrogen-bond donors (Lipinski definition) is 2. The Bertz CT molecular complexity index is 425. The first-order valence-electron chi connectivity index (χ1n) is 6.15. The maximum Gasteiger partial charge on any atom is 0.319 e. The molecular weight excluding hydrogens is 242 g/mol. The van der Waals surface area contributed by atoms with Crippen molar-refractivity contribution >= 4 is 5.97 Å². The summed E-state index contributed by atoms with van der Waals surface area (Å²) in [6.07, 6.45) is 5.66. The summed E-state index contributed by atoms with van der Waals surface area (Å²) in [6, 6.07) is 9.00. The summed E-state index contributed by atoms with van der Waals surface area (Å²) in [5.41, 5.74) is 0.793. The molecule has 0 spiro atoms. The third kappa shape index (κ3) is 5.12. The molecule has 0 radical (unpaired) electrons. The van der Waals surface area contributed by atoms with E-state index in [0.29, 0.717) is 12.8 Å². The van der Waals surface area contributed by atoms with Crippen LogP contribution in [0.15, 0.2) is 30.3 Å². The summed E-state index contributed by atoms with van der Waals surface area (Å²) in [6.45, 7) is 0.0512. The summed E-state index contributed by atoms with van der Waals surface area (Å²) in [5.74, 6) is 2.17. The number of carbonyl (C=O) groups excluding carboxylic acids is 1. The Hall–Kier alpha value is -1.83. The summed E-state index contributed by atoms with van der Waals surface area (Å²) >= 11 is 0. The van der Waals surface area contributed by atoms with Crippen LogP contribution in [0, 0.1) is 12.3 Å². The van der Waals surface area contributed by atoms with Gasteiger partial charge in [-0.05, 0) is 12.0 Å². The second kappa shape index (κ2) is 8.30. The molecule has 1 aromatic rings. The summed E-state index contributed by atoms with van der Waals surface area (Å²) < 4.78 is 4.57. The molecule has 0 aliphatic carbocycles. The van der Waals surface area contributed by atoms with E-state index in [1.54, 1.807) is 0 Å². The van der Waals surface area contributed by atoms with Crippen LogP contribution in [0.4, 0.5) is 0 Å². The number of terminal acetylenes is 1. The van der Waals surface area contributed by atoms with E-state index in [1.807, 2.05) is 30.3 Å². The van der Waals surface area contributed by atoms with Gasteiger partial charge in [-0.2, -0.15) is 0 Å². The lowest BCUT2D eigenvalue weighted by molar-refractivity contribution is -0.139. The Morgan fingerprint density at radius 1 is 1.47 bits per heavy atom. The molecule has 0 bridgehead atoms. The van der Waals surface area contributed by atoms with Gasteiger partial charge in [0.15, 0.2) is 0 Å². The van der Waals surface area contributed by atoms with Crippen molar-refractivity contribution in [1.29, 1.82) is 0 Å². The Morgan fingerprint density at radius 2 is 2.16 bits per heavy atom. The summed E-state index contributed by atoms with van der Waals surface area (Å²) in [7, 11) is 1.33. The zero-order valence-electron chi connectivity index (χ0n) is 11.0. The van der Waals surface area contributed by atoms with Crippen LogP contribution in [-0.2, 0) is 9.53 Å². The van der Waals surface area contributed by atoms with Crippen LogP contribution in [-0.4, -0.2) is 30.8 Å². The molecular formula is C15H19NO3. The van der Waals surface area contributed by atoms with Crippen molar-refractivity contribution in [2.45, 2.75) is 25.0 Å². The number of rotatable bonds is 7. The second-order valence-corrected chi connectivity index (χ2v) is 4.16. The van der Waals surface area contributed by atoms with Gasteiger partial charge in [0.05, 0.1) is 19.8 Å². The Kier molecular flexibility index (Phi) is 6.65. The number of carbonyl (C=O) groups is 1. The van der Waals surface area contributed by atoms with Crippen molar-refractivity contribution < 1.29 is 14.6 Å². The second-order valence-electron chi connectivity index (χ2n) is 4.16. The first-order chi connectivity index (χ1) is 9.19. The largest absolute Gasteiger partial charge is 0.468 e. The van der Waals surface area contributed by atoms with Crippen LogP contribution in [0.3, 0.4) is 0 Å². The van der Waals surface area contributed by atoms with Gasteiger partial charge in [-0.15, -0.1) is 12.3 Å². The predicted octanol–water partition coefficient (Wildman–Crippen LogP) is 1.26. The van der Waals surface area contributed by atoms with E-state index in [1.165, 1.54) is 7.11 Å². The molecule has 0 amide bonds. The van der Waals surface area contributed by atoms with Crippen molar-refractivity contribution in [2.24, 2.45) is 0 Å². The smallest absolute Gasteiger partial charge is 0.319 e. The molecule has 1 aromatic carbocycles. The quantitative estimate of drug-likeness (QED) is 0.573. The number of aliphatic hydroxyl groups excluding tert-OH is 1. The highest BCUT2D eigenvalue weighted by atomic mass is 16.5. The molecule has 0 saturated carbocycles. The molecule has 0 fully saturated rings. The average molecular weight is 261 g/mol. The highest BCUT2D eigenvalue weighted by Gasteiger charge is 2.20. The molecule has 0 heterocycles. The number of methoxy groups -OCH3 is 1. The molecule has 1 rings (SSSR count). The topological polar surface area (TPSA) is 58.6 Å². The van der Waals surface area contributed by atoms with Crippen LogP contribution in [0.25, 0.3) is 0 Å². The minimum atomic E-state index is -0.709. The minimum absolute atomic E-state index is 0.0512. The lowest BCUT2D eigenvalue weighted by Crippen LogP contribution is -2.38. The Balaban J connectivity index is 2.67. The normalized spacial score (nSPS) is 13.3. The van der Waals surface area contributed by atoms with Gasteiger partial charge in [0.1, 0.15) is 0 Å². The van der Waals surface area contributed by atoms with Gasteiger partial charge in [-0.1, -0.05) is 30.3 Å². The molecule has 0 saturated heterocycles. The predicted molar refractivity (Wildman–Crippen MR) is 73.3 cm³/mol. The van der Waals surface area contributed by atoms with Gasteiger partial charge in [0.2, 0.25) is 0 Å². The van der Waals surface area contributed by atoms with Gasteiger partial charge in [0.25, 0.3) is 0 Å². The zero-order chi connectivity index (χ0) is 14.1. The average Bonchev–Trinajstić information content (AvgIpc) is 2.47. The standard InChI is InChI=1S/C15H19NO3/c1-3-4-10-13(16-11-14(17)19-2)15(18)12-8-6-5-7-9-12/h1,5-9,13,15-16,18H,4,10-11H2,2H3. The molecule has 0 aliphatic heterocycles. The highest BCUT2D eigenvalue weighted by molar-refractivity contribution is 5.71. The molecule has 19 heavy (non-hydrogen) atoms. The van der Waals surface area contributed by atoms with Crippen molar-refractivity contribution in [1.82, 2.24) is 5.32 Å². The molecule has 102 valence electrons. The first kappa shape index (κ1) is 15.2. The van der Waals surface area contributed by atoms with E-state index in [2.05, 4.69) is 16.0 Å². The third-order valence-electron chi connectivity index (χ3n) is 2.86. The van der Waals surface area contributed by atoms with Gasteiger partial charge >= 0.3 is 5.97 Å². The van der Waals surface area contributed by atoms with Gasteiger partial charge < -0.3 is 15.2 Å². The molecule has 0 aromatic heterocycles. The lowest BCUT2D eigenvalue weighted by Gasteiger charge is -2.23. The minimum Gasteiger partial charge on any atom is -0.468 e. The molecule has 4 nitrogen and oxygen atoms in total. The van der Waals surface area contributed by atoms with E-state index in [0.717, 1.165) is 5.56 Å². The van der Waals surface area contributed by atoms with Crippen molar-refractivity contribution in [3.05, 3.63) is 35.9 Å². The van der Waals surface area contributed by atoms with Crippen molar-refractivity contribution in [2.75, 3.05) is 13.7 Å². The Morgan fingerprint density at radius 3 is 2.74 bits per heavy atom. The molecule has 0 aliphatic rings. The van der Waals surface area contributed by atoms with Crippen molar-refractivity contribution in [3.63, 3.8) is 0 Å². The number of hydrogen-bond acceptors (Lipinski definition) is 4. The van der Waals surface area contributed by atoms with E-state index >= 15 is 0 Å². The van der Waals surface area contributed by atoms with Gasteiger partial charge in [0, 0.05) is 12.5 Å². The van der Waals surface area contributed by atoms with Crippen LogP contribution in [0.5, 0.6) is 0 Å². The monoisotopic (exact) mass is 261 g/mol. The number of benzene rings is 1. The van der Waals surface area contributed by atoms with Crippen LogP contribution in [0.2, 0.25) is 0 Å². The van der Waals surface area contributed by atoms with Gasteiger partial charge in [-0.3, -0.25) is 4.79 Å². The maximum atomic E-state index is 11.1. The van der Waals surface area contributed by atoms with E-state index in [-0.39, 0.29) is 18.6 Å². The van der Waals surface area contributed by atoms with Crippen LogP contribution >= 0.6 is 0 Å². The van der Waals surface area contributed by atoms with Crippen molar-refractivity contribution in [3.8, 4) is 12.3 Å². The number of nitrogens with one attached hydrogen (secondary N) is 1. The van der Waals surface area contributed by atoms with E-state index in [9.17, 15) is 9.90 Å². The maximum absolute atomic E-state index is 11.1. The Labute approximate surface area is 113 Å². The van der Waals surface area contributed by atoms with Gasteiger partial charge in [-0.25, -0.2) is 0 Å². The summed E-state index contributed by atoms with van der Waals surface area (Å²) in [4.78, 5) is 11.1. The SMILES string of the molecule is C#CCCC(NCC(=O)OC)C(O)c1ccccc1. The molecule has 4 heteroatoms. The fourth-order valence-corrected chi connectivity index (χ4v) is 1.78. The van der Waals surface area contributed by atoms with E-state index in [4.69, 9.17) is 6.42 Å². The number of aliphatic hydroxyl groups is 1. The lowest BCUT2D eigenvalue weighted by atomic mass is 9.98. The molecule has 2 N–H and O–H groups in total. The molecule has 2 atom stereocenters. The van der Waals surface area contributed by atoms with E-state index < -0.39 is 6.10 Å². The first-order valence-corrected chi connectivity index (χ1v) is 6.15. The van der Waals surface area contributed by atoms with Crippen LogP contribution < -0.4 is 5.32 Å².